The van der Waals surface area contributed by atoms with Gasteiger partial charge < -0.3 is 10.1 Å². The molecule has 0 radical (unpaired) electrons. The van der Waals surface area contributed by atoms with Gasteiger partial charge in [-0.05, 0) is 50.9 Å². The van der Waals surface area contributed by atoms with Gasteiger partial charge in [0.2, 0.25) is 0 Å². The Morgan fingerprint density at radius 2 is 2.12 bits per heavy atom. The van der Waals surface area contributed by atoms with Crippen molar-refractivity contribution in [3.05, 3.63) is 29.3 Å². The normalized spacial score (nSPS) is 23.4. The zero-order valence-electron chi connectivity index (χ0n) is 10.6. The van der Waals surface area contributed by atoms with E-state index in [1.54, 1.807) is 7.11 Å². The third kappa shape index (κ3) is 1.94. The zero-order valence-corrected chi connectivity index (χ0v) is 10.6. The summed E-state index contributed by atoms with van der Waals surface area (Å²) in [7, 11) is 1.73. The van der Waals surface area contributed by atoms with Crippen LogP contribution in [0.5, 0.6) is 5.75 Å². The molecule has 0 aliphatic carbocycles. The molecule has 1 aliphatic heterocycles. The molecular formula is C14H21NO. The number of benzene rings is 1. The third-order valence-corrected chi connectivity index (χ3v) is 3.71. The summed E-state index contributed by atoms with van der Waals surface area (Å²) in [6, 6.07) is 6.54. The van der Waals surface area contributed by atoms with Crippen molar-refractivity contribution in [2.75, 3.05) is 13.7 Å². The molecule has 16 heavy (non-hydrogen) atoms. The minimum absolute atomic E-state index is 0.209. The van der Waals surface area contributed by atoms with Crippen LogP contribution < -0.4 is 10.1 Å². The van der Waals surface area contributed by atoms with Crippen LogP contribution in [-0.2, 0) is 0 Å². The number of hydrogen-bond acceptors (Lipinski definition) is 2. The maximum atomic E-state index is 5.30. The van der Waals surface area contributed by atoms with Gasteiger partial charge in [-0.3, -0.25) is 0 Å². The van der Waals surface area contributed by atoms with E-state index >= 15 is 0 Å². The summed E-state index contributed by atoms with van der Waals surface area (Å²) in [6.07, 6.45) is 1.22. The Hall–Kier alpha value is -1.02. The zero-order chi connectivity index (χ0) is 11.8. The number of aryl methyl sites for hydroxylation is 1. The largest absolute Gasteiger partial charge is 0.496 e. The summed E-state index contributed by atoms with van der Waals surface area (Å²) in [5.41, 5.74) is 2.86. The fourth-order valence-corrected chi connectivity index (χ4v) is 2.72. The van der Waals surface area contributed by atoms with E-state index in [0.29, 0.717) is 5.92 Å². The molecule has 0 spiro atoms. The van der Waals surface area contributed by atoms with Gasteiger partial charge >= 0.3 is 0 Å². The lowest BCUT2D eigenvalue weighted by molar-refractivity contribution is 0.404. The average molecular weight is 219 g/mol. The highest BCUT2D eigenvalue weighted by atomic mass is 16.5. The van der Waals surface area contributed by atoms with Crippen LogP contribution in [0.2, 0.25) is 0 Å². The first-order valence-electron chi connectivity index (χ1n) is 5.94. The van der Waals surface area contributed by atoms with Gasteiger partial charge in [-0.2, -0.15) is 0 Å². The van der Waals surface area contributed by atoms with Crippen molar-refractivity contribution < 1.29 is 4.74 Å². The predicted octanol–water partition coefficient (Wildman–Crippen LogP) is 2.86. The molecule has 2 nitrogen and oxygen atoms in total. The lowest BCUT2D eigenvalue weighted by Crippen LogP contribution is -2.36. The second-order valence-corrected chi connectivity index (χ2v) is 5.22. The topological polar surface area (TPSA) is 21.3 Å². The van der Waals surface area contributed by atoms with Gasteiger partial charge in [0.05, 0.1) is 7.11 Å². The molecule has 88 valence electrons. The quantitative estimate of drug-likeness (QED) is 0.826. The molecule has 0 saturated carbocycles. The number of rotatable bonds is 2. The fourth-order valence-electron chi connectivity index (χ4n) is 2.72. The van der Waals surface area contributed by atoms with E-state index in [4.69, 9.17) is 4.74 Å². The second kappa shape index (κ2) is 4.10. The monoisotopic (exact) mass is 219 g/mol. The second-order valence-electron chi connectivity index (χ2n) is 5.22. The van der Waals surface area contributed by atoms with Gasteiger partial charge in [-0.25, -0.2) is 0 Å². The Morgan fingerprint density at radius 3 is 2.62 bits per heavy atom. The molecule has 1 saturated heterocycles. The van der Waals surface area contributed by atoms with Crippen LogP contribution in [0.25, 0.3) is 0 Å². The first-order valence-corrected chi connectivity index (χ1v) is 5.94. The summed E-state index contributed by atoms with van der Waals surface area (Å²) >= 11 is 0. The summed E-state index contributed by atoms with van der Waals surface area (Å²) in [5.74, 6) is 1.59. The highest BCUT2D eigenvalue weighted by molar-refractivity contribution is 5.39. The Labute approximate surface area is 98.0 Å². The lowest BCUT2D eigenvalue weighted by atomic mass is 9.83. The van der Waals surface area contributed by atoms with Crippen molar-refractivity contribution in [1.29, 1.82) is 0 Å². The van der Waals surface area contributed by atoms with Gasteiger partial charge in [0.15, 0.2) is 0 Å². The van der Waals surface area contributed by atoms with Crippen LogP contribution in [0.1, 0.15) is 37.3 Å². The van der Waals surface area contributed by atoms with E-state index in [0.717, 1.165) is 12.3 Å². The van der Waals surface area contributed by atoms with Crippen LogP contribution in [0.4, 0.5) is 0 Å². The highest BCUT2D eigenvalue weighted by Gasteiger charge is 2.35. The molecule has 1 atom stereocenters. The molecule has 0 amide bonds. The molecule has 0 aromatic heterocycles. The van der Waals surface area contributed by atoms with Gasteiger partial charge in [-0.15, -0.1) is 0 Å². The van der Waals surface area contributed by atoms with Crippen LogP contribution in [0.3, 0.4) is 0 Å². The van der Waals surface area contributed by atoms with E-state index in [-0.39, 0.29) is 5.54 Å². The van der Waals surface area contributed by atoms with E-state index in [2.05, 4.69) is 44.3 Å². The fraction of sp³-hybridized carbons (Fsp3) is 0.571. The van der Waals surface area contributed by atoms with E-state index in [1.165, 1.54) is 17.5 Å². The standard InChI is InChI=1S/C14H21NO/c1-10-9-11(5-6-13(10)16-4)12-7-8-15-14(12,2)3/h5-6,9,12,15H,7-8H2,1-4H3. The predicted molar refractivity (Wildman–Crippen MR) is 67.2 cm³/mol. The number of hydrogen-bond donors (Lipinski definition) is 1. The minimum atomic E-state index is 0.209. The van der Waals surface area contributed by atoms with Crippen molar-refractivity contribution in [3.8, 4) is 5.75 Å². The molecular weight excluding hydrogens is 198 g/mol. The van der Waals surface area contributed by atoms with Gasteiger partial charge in [0, 0.05) is 11.5 Å². The van der Waals surface area contributed by atoms with Crippen molar-refractivity contribution in [3.63, 3.8) is 0 Å². The summed E-state index contributed by atoms with van der Waals surface area (Å²) in [6.45, 7) is 7.79. The van der Waals surface area contributed by atoms with Crippen molar-refractivity contribution in [1.82, 2.24) is 5.32 Å². The Balaban J connectivity index is 2.31. The third-order valence-electron chi connectivity index (χ3n) is 3.71. The van der Waals surface area contributed by atoms with Gasteiger partial charge in [0.25, 0.3) is 0 Å². The van der Waals surface area contributed by atoms with E-state index < -0.39 is 0 Å². The molecule has 2 rings (SSSR count). The smallest absolute Gasteiger partial charge is 0.121 e. The molecule has 0 bridgehead atoms. The van der Waals surface area contributed by atoms with Crippen LogP contribution >= 0.6 is 0 Å². The average Bonchev–Trinajstić information content (AvgIpc) is 2.58. The number of methoxy groups -OCH3 is 1. The Kier molecular flexibility index (Phi) is 2.94. The summed E-state index contributed by atoms with van der Waals surface area (Å²) < 4.78 is 5.30. The Bertz CT molecular complexity index is 384. The lowest BCUT2D eigenvalue weighted by Gasteiger charge is -2.28. The van der Waals surface area contributed by atoms with Crippen LogP contribution in [-0.4, -0.2) is 19.2 Å². The van der Waals surface area contributed by atoms with Gasteiger partial charge in [0.1, 0.15) is 5.75 Å². The maximum Gasteiger partial charge on any atom is 0.121 e. The first kappa shape index (κ1) is 11.5. The van der Waals surface area contributed by atoms with Crippen molar-refractivity contribution in [2.45, 2.75) is 38.6 Å². The molecule has 1 N–H and O–H groups in total. The highest BCUT2D eigenvalue weighted by Crippen LogP contribution is 2.36. The molecule has 1 aliphatic rings. The first-order chi connectivity index (χ1) is 7.54. The summed E-state index contributed by atoms with van der Waals surface area (Å²) in [5, 5.41) is 3.56. The SMILES string of the molecule is COc1ccc(C2CCNC2(C)C)cc1C. The number of ether oxygens (including phenoxy) is 1. The molecule has 1 heterocycles. The van der Waals surface area contributed by atoms with E-state index in [1.807, 2.05) is 0 Å². The molecule has 1 fully saturated rings. The van der Waals surface area contributed by atoms with E-state index in [9.17, 15) is 0 Å². The summed E-state index contributed by atoms with van der Waals surface area (Å²) in [4.78, 5) is 0. The molecule has 2 heteroatoms. The van der Waals surface area contributed by atoms with Crippen molar-refractivity contribution >= 4 is 0 Å². The maximum absolute atomic E-state index is 5.30. The van der Waals surface area contributed by atoms with Crippen LogP contribution in [0, 0.1) is 6.92 Å². The van der Waals surface area contributed by atoms with Gasteiger partial charge in [-0.1, -0.05) is 12.1 Å². The molecule has 1 unspecified atom stereocenters. The minimum Gasteiger partial charge on any atom is -0.496 e. The molecule has 1 aromatic rings. The Morgan fingerprint density at radius 1 is 1.38 bits per heavy atom. The van der Waals surface area contributed by atoms with Crippen molar-refractivity contribution in [2.24, 2.45) is 0 Å². The molecule has 1 aromatic carbocycles. The van der Waals surface area contributed by atoms with Crippen LogP contribution in [0.15, 0.2) is 18.2 Å². The number of nitrogens with one attached hydrogen (secondary N) is 1.